The van der Waals surface area contributed by atoms with Crippen LogP contribution in [0.4, 0.5) is 5.69 Å². The average Bonchev–Trinajstić information content (AvgIpc) is 2.65. The summed E-state index contributed by atoms with van der Waals surface area (Å²) in [5.74, 6) is 0.312. The molecule has 138 valence electrons. The Kier molecular flexibility index (Phi) is 8.02. The molecule has 0 saturated carbocycles. The average molecular weight is 372 g/mol. The molecule has 0 fully saturated rings. The molecular formula is C20H24N2O3S. The number of amides is 2. The van der Waals surface area contributed by atoms with E-state index in [9.17, 15) is 9.59 Å². The van der Waals surface area contributed by atoms with Crippen LogP contribution in [0.2, 0.25) is 0 Å². The number of nitrogens with two attached hydrogens (primary N) is 1. The van der Waals surface area contributed by atoms with E-state index in [2.05, 4.69) is 12.2 Å². The maximum Gasteiger partial charge on any atom is 0.255 e. The third kappa shape index (κ3) is 6.44. The number of anilines is 1. The summed E-state index contributed by atoms with van der Waals surface area (Å²) < 4.78 is 5.66. The van der Waals surface area contributed by atoms with Gasteiger partial charge in [0.05, 0.1) is 18.0 Å². The summed E-state index contributed by atoms with van der Waals surface area (Å²) in [4.78, 5) is 24.2. The monoisotopic (exact) mass is 372 g/mol. The normalized spacial score (nSPS) is 10.3. The summed E-state index contributed by atoms with van der Waals surface area (Å²) in [5.41, 5.74) is 6.39. The lowest BCUT2D eigenvalue weighted by Gasteiger charge is -2.11. The number of benzene rings is 2. The molecule has 6 heteroatoms. The maximum atomic E-state index is 12.5. The number of hydrogen-bond donors (Lipinski definition) is 2. The standard InChI is InChI=1S/C20H24N2O3S/c1-2-3-6-13-25-16-11-9-15(10-12-16)20(24)22-17-7-4-5-8-18(17)26-14-19(21)23/h4-5,7-12H,2-3,6,13-14H2,1H3,(H2,21,23)(H,22,24). The number of hydrogen-bond acceptors (Lipinski definition) is 4. The van der Waals surface area contributed by atoms with Crippen LogP contribution in [0, 0.1) is 0 Å². The summed E-state index contributed by atoms with van der Waals surface area (Å²) in [5, 5.41) is 2.88. The first kappa shape index (κ1) is 19.8. The molecule has 2 aromatic rings. The van der Waals surface area contributed by atoms with E-state index >= 15 is 0 Å². The van der Waals surface area contributed by atoms with Crippen LogP contribution in [0.3, 0.4) is 0 Å². The molecule has 3 N–H and O–H groups in total. The second-order valence-corrected chi connectivity index (χ2v) is 6.80. The highest BCUT2D eigenvalue weighted by atomic mass is 32.2. The Morgan fingerprint density at radius 3 is 2.50 bits per heavy atom. The molecule has 0 aliphatic rings. The van der Waals surface area contributed by atoms with E-state index in [4.69, 9.17) is 10.5 Å². The van der Waals surface area contributed by atoms with Crippen molar-refractivity contribution in [3.05, 3.63) is 54.1 Å². The van der Waals surface area contributed by atoms with Gasteiger partial charge in [0, 0.05) is 10.5 Å². The predicted molar refractivity (Wildman–Crippen MR) is 106 cm³/mol. The molecule has 26 heavy (non-hydrogen) atoms. The second kappa shape index (κ2) is 10.5. The molecule has 0 heterocycles. The Labute approximate surface area is 158 Å². The molecule has 0 spiro atoms. The second-order valence-electron chi connectivity index (χ2n) is 5.79. The zero-order chi connectivity index (χ0) is 18.8. The number of nitrogens with one attached hydrogen (secondary N) is 1. The van der Waals surface area contributed by atoms with E-state index < -0.39 is 5.91 Å². The predicted octanol–water partition coefficient (Wildman–Crippen LogP) is 4.09. The van der Waals surface area contributed by atoms with Crippen molar-refractivity contribution in [3.63, 3.8) is 0 Å². The number of carbonyl (C=O) groups is 2. The SMILES string of the molecule is CCCCCOc1ccc(C(=O)Nc2ccccc2SCC(N)=O)cc1. The first-order valence-corrected chi connectivity index (χ1v) is 9.63. The van der Waals surface area contributed by atoms with Crippen LogP contribution < -0.4 is 15.8 Å². The lowest BCUT2D eigenvalue weighted by molar-refractivity contribution is -0.115. The van der Waals surface area contributed by atoms with Gasteiger partial charge in [-0.1, -0.05) is 31.9 Å². The van der Waals surface area contributed by atoms with Crippen molar-refractivity contribution in [2.75, 3.05) is 17.7 Å². The lowest BCUT2D eigenvalue weighted by Crippen LogP contribution is -2.14. The highest BCUT2D eigenvalue weighted by Crippen LogP contribution is 2.27. The van der Waals surface area contributed by atoms with Crippen LogP contribution in [0.25, 0.3) is 0 Å². The molecule has 0 aliphatic heterocycles. The maximum absolute atomic E-state index is 12.5. The smallest absolute Gasteiger partial charge is 0.255 e. The van der Waals surface area contributed by atoms with Crippen LogP contribution in [-0.2, 0) is 4.79 Å². The number of primary amides is 1. The first-order chi connectivity index (χ1) is 12.6. The summed E-state index contributed by atoms with van der Waals surface area (Å²) in [6.45, 7) is 2.84. The number of thioether (sulfide) groups is 1. The van der Waals surface area contributed by atoms with Gasteiger partial charge in [-0.25, -0.2) is 0 Å². The molecule has 0 atom stereocenters. The van der Waals surface area contributed by atoms with Crippen molar-refractivity contribution >= 4 is 29.3 Å². The highest BCUT2D eigenvalue weighted by molar-refractivity contribution is 8.00. The molecule has 0 radical (unpaired) electrons. The van der Waals surface area contributed by atoms with E-state index in [1.54, 1.807) is 30.3 Å². The van der Waals surface area contributed by atoms with Crippen molar-refractivity contribution in [1.82, 2.24) is 0 Å². The van der Waals surface area contributed by atoms with Gasteiger partial charge in [-0.05, 0) is 42.8 Å². The molecule has 2 aromatic carbocycles. The summed E-state index contributed by atoms with van der Waals surface area (Å²) in [7, 11) is 0. The van der Waals surface area contributed by atoms with Gasteiger partial charge in [-0.2, -0.15) is 0 Å². The number of para-hydroxylation sites is 1. The molecule has 0 aliphatic carbocycles. The minimum Gasteiger partial charge on any atom is -0.494 e. The Morgan fingerprint density at radius 1 is 1.08 bits per heavy atom. The molecular weight excluding hydrogens is 348 g/mol. The summed E-state index contributed by atoms with van der Waals surface area (Å²) in [6, 6.07) is 14.4. The third-order valence-electron chi connectivity index (χ3n) is 3.64. The van der Waals surface area contributed by atoms with Crippen molar-refractivity contribution in [2.45, 2.75) is 31.1 Å². The summed E-state index contributed by atoms with van der Waals surface area (Å²) >= 11 is 1.30. The zero-order valence-corrected chi connectivity index (χ0v) is 15.7. The number of unbranched alkanes of at least 4 members (excludes halogenated alkanes) is 2. The highest BCUT2D eigenvalue weighted by Gasteiger charge is 2.10. The topological polar surface area (TPSA) is 81.4 Å². The van der Waals surface area contributed by atoms with Gasteiger partial charge in [0.1, 0.15) is 5.75 Å². The van der Waals surface area contributed by atoms with Crippen LogP contribution >= 0.6 is 11.8 Å². The fourth-order valence-corrected chi connectivity index (χ4v) is 3.03. The minimum atomic E-state index is -0.398. The van der Waals surface area contributed by atoms with E-state index in [1.807, 2.05) is 18.2 Å². The quantitative estimate of drug-likeness (QED) is 0.486. The van der Waals surface area contributed by atoms with Crippen LogP contribution in [-0.4, -0.2) is 24.2 Å². The molecule has 0 bridgehead atoms. The van der Waals surface area contributed by atoms with Crippen molar-refractivity contribution < 1.29 is 14.3 Å². The number of ether oxygens (including phenoxy) is 1. The fourth-order valence-electron chi connectivity index (χ4n) is 2.28. The van der Waals surface area contributed by atoms with Crippen LogP contribution in [0.5, 0.6) is 5.75 Å². The Bertz CT molecular complexity index is 732. The molecule has 2 amide bonds. The van der Waals surface area contributed by atoms with Crippen LogP contribution in [0.1, 0.15) is 36.5 Å². The van der Waals surface area contributed by atoms with E-state index in [0.717, 1.165) is 29.9 Å². The van der Waals surface area contributed by atoms with Crippen LogP contribution in [0.15, 0.2) is 53.4 Å². The van der Waals surface area contributed by atoms with Gasteiger partial charge in [-0.3, -0.25) is 9.59 Å². The fraction of sp³-hybridized carbons (Fsp3) is 0.300. The van der Waals surface area contributed by atoms with Crippen molar-refractivity contribution in [3.8, 4) is 5.75 Å². The summed E-state index contributed by atoms with van der Waals surface area (Å²) in [6.07, 6.45) is 3.33. The molecule has 0 saturated heterocycles. The Hall–Kier alpha value is -2.47. The van der Waals surface area contributed by atoms with Gasteiger partial charge in [0.2, 0.25) is 5.91 Å². The molecule has 0 aromatic heterocycles. The van der Waals surface area contributed by atoms with Gasteiger partial charge in [-0.15, -0.1) is 11.8 Å². The molecule has 5 nitrogen and oxygen atoms in total. The zero-order valence-electron chi connectivity index (χ0n) is 14.9. The number of rotatable bonds is 10. The van der Waals surface area contributed by atoms with Crippen molar-refractivity contribution in [2.24, 2.45) is 5.73 Å². The van der Waals surface area contributed by atoms with Gasteiger partial charge >= 0.3 is 0 Å². The van der Waals surface area contributed by atoms with Gasteiger partial charge in [0.15, 0.2) is 0 Å². The lowest BCUT2D eigenvalue weighted by atomic mass is 10.2. The van der Waals surface area contributed by atoms with Crippen molar-refractivity contribution in [1.29, 1.82) is 0 Å². The number of carbonyl (C=O) groups excluding carboxylic acids is 2. The largest absolute Gasteiger partial charge is 0.494 e. The molecule has 0 unspecified atom stereocenters. The molecule has 2 rings (SSSR count). The third-order valence-corrected chi connectivity index (χ3v) is 4.73. The van der Waals surface area contributed by atoms with Gasteiger partial charge in [0.25, 0.3) is 5.91 Å². The minimum absolute atomic E-state index is 0.164. The van der Waals surface area contributed by atoms with E-state index in [-0.39, 0.29) is 11.7 Å². The van der Waals surface area contributed by atoms with E-state index in [0.29, 0.717) is 17.9 Å². The first-order valence-electron chi connectivity index (χ1n) is 8.64. The van der Waals surface area contributed by atoms with E-state index in [1.165, 1.54) is 11.8 Å². The Morgan fingerprint density at radius 2 is 1.81 bits per heavy atom. The Balaban J connectivity index is 1.96. The van der Waals surface area contributed by atoms with Gasteiger partial charge < -0.3 is 15.8 Å².